The molecular weight excluding hydrogens is 360 g/mol. The van der Waals surface area contributed by atoms with Crippen LogP contribution in [-0.4, -0.2) is 18.4 Å². The first-order chi connectivity index (χ1) is 11.8. The van der Waals surface area contributed by atoms with Crippen LogP contribution in [0.1, 0.15) is 5.69 Å². The van der Waals surface area contributed by atoms with E-state index in [-0.39, 0.29) is 15.9 Å². The van der Waals surface area contributed by atoms with Gasteiger partial charge >= 0.3 is 0 Å². The van der Waals surface area contributed by atoms with Crippen molar-refractivity contribution < 1.29 is 8.42 Å². The Hall–Kier alpha value is -2.48. The molecule has 0 saturated carbocycles. The van der Waals surface area contributed by atoms with Crippen molar-refractivity contribution in [3.8, 4) is 22.3 Å². The number of nitrogen functional groups attached to an aromatic ring is 1. The fourth-order valence-electron chi connectivity index (χ4n) is 2.56. The number of aromatic nitrogens is 2. The van der Waals surface area contributed by atoms with E-state index in [1.165, 1.54) is 6.07 Å². The molecule has 0 fully saturated rings. The van der Waals surface area contributed by atoms with E-state index in [4.69, 9.17) is 22.5 Å². The van der Waals surface area contributed by atoms with E-state index in [1.807, 2.05) is 30.3 Å². The average molecular weight is 375 g/mol. The maximum absolute atomic E-state index is 12.0. The highest BCUT2D eigenvalue weighted by Gasteiger charge is 2.20. The largest absolute Gasteiger partial charge is 0.368 e. The molecule has 0 aliphatic carbocycles. The predicted octanol–water partition coefficient (Wildman–Crippen LogP) is 3.00. The van der Waals surface area contributed by atoms with Crippen molar-refractivity contribution in [2.75, 3.05) is 5.73 Å². The maximum atomic E-state index is 12.0. The minimum atomic E-state index is -4.01. The molecule has 8 heteroatoms. The summed E-state index contributed by atoms with van der Waals surface area (Å²) < 4.78 is 24.0. The van der Waals surface area contributed by atoms with E-state index in [2.05, 4.69) is 9.97 Å². The lowest BCUT2D eigenvalue weighted by Gasteiger charge is -2.13. The number of aryl methyl sites for hydroxylation is 1. The summed E-state index contributed by atoms with van der Waals surface area (Å²) >= 11 is 6.34. The van der Waals surface area contributed by atoms with Crippen molar-refractivity contribution in [3.63, 3.8) is 0 Å². The third kappa shape index (κ3) is 3.48. The Bertz CT molecular complexity index is 1050. The van der Waals surface area contributed by atoms with Gasteiger partial charge in [-0.2, -0.15) is 0 Å². The monoisotopic (exact) mass is 374 g/mol. The highest BCUT2D eigenvalue weighted by atomic mass is 35.5. The number of rotatable bonds is 3. The lowest BCUT2D eigenvalue weighted by Crippen LogP contribution is -2.13. The van der Waals surface area contributed by atoms with E-state index in [1.54, 1.807) is 19.2 Å². The van der Waals surface area contributed by atoms with Crippen LogP contribution in [0.5, 0.6) is 0 Å². The quantitative estimate of drug-likeness (QED) is 0.731. The zero-order valence-electron chi connectivity index (χ0n) is 13.3. The van der Waals surface area contributed by atoms with Gasteiger partial charge < -0.3 is 5.73 Å². The maximum Gasteiger partial charge on any atom is 0.239 e. The summed E-state index contributed by atoms with van der Waals surface area (Å²) in [6, 6.07) is 12.4. The van der Waals surface area contributed by atoms with Gasteiger partial charge in [-0.05, 0) is 30.2 Å². The van der Waals surface area contributed by atoms with Crippen molar-refractivity contribution in [2.45, 2.75) is 11.8 Å². The van der Waals surface area contributed by atoms with Gasteiger partial charge in [0.1, 0.15) is 4.90 Å². The Kier molecular flexibility index (Phi) is 4.47. The van der Waals surface area contributed by atoms with Crippen LogP contribution >= 0.6 is 11.6 Å². The molecule has 1 aromatic heterocycles. The Balaban J connectivity index is 2.34. The molecular formula is C17H15ClN4O2S. The molecule has 0 spiro atoms. The van der Waals surface area contributed by atoms with Gasteiger partial charge in [-0.15, -0.1) is 0 Å². The molecule has 6 nitrogen and oxygen atoms in total. The van der Waals surface area contributed by atoms with Crippen LogP contribution in [0.15, 0.2) is 53.6 Å². The molecule has 0 amide bonds. The van der Waals surface area contributed by atoms with E-state index < -0.39 is 10.0 Å². The van der Waals surface area contributed by atoms with Crippen LogP contribution < -0.4 is 10.9 Å². The van der Waals surface area contributed by atoms with Crippen LogP contribution in [0.2, 0.25) is 5.02 Å². The van der Waals surface area contributed by atoms with Crippen LogP contribution in [0.4, 0.5) is 5.95 Å². The van der Waals surface area contributed by atoms with Gasteiger partial charge in [0, 0.05) is 17.3 Å². The number of nitrogens with two attached hydrogens (primary N) is 2. The van der Waals surface area contributed by atoms with Crippen LogP contribution in [-0.2, 0) is 10.0 Å². The normalized spacial score (nSPS) is 11.5. The number of hydrogen-bond donors (Lipinski definition) is 2. The highest BCUT2D eigenvalue weighted by molar-refractivity contribution is 7.89. The van der Waals surface area contributed by atoms with Gasteiger partial charge in [0.2, 0.25) is 16.0 Å². The Morgan fingerprint density at radius 2 is 1.72 bits per heavy atom. The fraction of sp³-hybridized carbons (Fsp3) is 0.0588. The summed E-state index contributed by atoms with van der Waals surface area (Å²) in [6.45, 7) is 1.76. The van der Waals surface area contributed by atoms with Gasteiger partial charge in [-0.3, -0.25) is 0 Å². The first kappa shape index (κ1) is 17.3. The summed E-state index contributed by atoms with van der Waals surface area (Å²) in [5.74, 6) is 0.144. The van der Waals surface area contributed by atoms with Gasteiger partial charge in [-0.1, -0.05) is 41.9 Å². The number of sulfonamides is 1. The number of benzene rings is 2. The van der Waals surface area contributed by atoms with Gasteiger partial charge in [-0.25, -0.2) is 23.5 Å². The summed E-state index contributed by atoms with van der Waals surface area (Å²) in [5.41, 5.74) is 8.77. The van der Waals surface area contributed by atoms with E-state index in [9.17, 15) is 8.42 Å². The highest BCUT2D eigenvalue weighted by Crippen LogP contribution is 2.37. The second-order valence-corrected chi connectivity index (χ2v) is 7.38. The van der Waals surface area contributed by atoms with E-state index in [0.29, 0.717) is 22.4 Å². The van der Waals surface area contributed by atoms with Gasteiger partial charge in [0.15, 0.2) is 0 Å². The molecule has 2 aromatic carbocycles. The number of nitrogens with zero attached hydrogens (tertiary/aromatic N) is 2. The SMILES string of the molecule is Cc1nc(N)ncc1-c1cc(-c2ccccc2)c(Cl)c(S(N)(=O)=O)c1. The number of halogens is 1. The summed E-state index contributed by atoms with van der Waals surface area (Å²) in [7, 11) is -4.01. The average Bonchev–Trinajstić information content (AvgIpc) is 2.55. The van der Waals surface area contributed by atoms with Gasteiger partial charge in [0.05, 0.1) is 10.7 Å². The first-order valence-corrected chi connectivity index (χ1v) is 9.21. The molecule has 128 valence electrons. The smallest absolute Gasteiger partial charge is 0.239 e. The molecule has 4 N–H and O–H groups in total. The molecule has 1 heterocycles. The van der Waals surface area contributed by atoms with Crippen molar-refractivity contribution in [1.29, 1.82) is 0 Å². The third-order valence-corrected chi connectivity index (χ3v) is 5.19. The molecule has 0 saturated heterocycles. The fourth-order valence-corrected chi connectivity index (χ4v) is 3.75. The summed E-state index contributed by atoms with van der Waals surface area (Å²) in [5, 5.41) is 5.43. The molecule has 25 heavy (non-hydrogen) atoms. The molecule has 0 bridgehead atoms. The minimum Gasteiger partial charge on any atom is -0.368 e. The van der Waals surface area contributed by atoms with E-state index in [0.717, 1.165) is 5.56 Å². The molecule has 0 aliphatic heterocycles. The van der Waals surface area contributed by atoms with Crippen LogP contribution in [0.25, 0.3) is 22.3 Å². The van der Waals surface area contributed by atoms with Crippen molar-refractivity contribution >= 4 is 27.6 Å². The number of hydrogen-bond acceptors (Lipinski definition) is 5. The lowest BCUT2D eigenvalue weighted by atomic mass is 9.99. The Morgan fingerprint density at radius 3 is 2.32 bits per heavy atom. The zero-order chi connectivity index (χ0) is 18.2. The number of primary sulfonamides is 1. The number of anilines is 1. The lowest BCUT2D eigenvalue weighted by molar-refractivity contribution is 0.598. The molecule has 3 aromatic rings. The van der Waals surface area contributed by atoms with Crippen LogP contribution in [0, 0.1) is 6.92 Å². The topological polar surface area (TPSA) is 112 Å². The predicted molar refractivity (Wildman–Crippen MR) is 98.4 cm³/mol. The molecule has 0 atom stereocenters. The van der Waals surface area contributed by atoms with Crippen LogP contribution in [0.3, 0.4) is 0 Å². The second-order valence-electron chi connectivity index (χ2n) is 5.47. The van der Waals surface area contributed by atoms with Crippen molar-refractivity contribution in [2.24, 2.45) is 5.14 Å². The molecule has 0 unspecified atom stereocenters. The summed E-state index contributed by atoms with van der Waals surface area (Å²) in [4.78, 5) is 7.95. The molecule has 0 aliphatic rings. The third-order valence-electron chi connectivity index (χ3n) is 3.74. The standard InChI is InChI=1S/C17H15ClN4O2S/c1-10-14(9-21-17(19)22-10)12-7-13(11-5-3-2-4-6-11)16(18)15(8-12)25(20,23)24/h2-9H,1H3,(H2,19,21,22)(H2,20,23,24). The molecule has 3 rings (SSSR count). The van der Waals surface area contributed by atoms with E-state index >= 15 is 0 Å². The van der Waals surface area contributed by atoms with Crippen molar-refractivity contribution in [3.05, 3.63) is 59.4 Å². The zero-order valence-corrected chi connectivity index (χ0v) is 14.8. The Labute approximate surface area is 150 Å². The van der Waals surface area contributed by atoms with Gasteiger partial charge in [0.25, 0.3) is 0 Å². The minimum absolute atomic E-state index is 0.0754. The Morgan fingerprint density at radius 1 is 1.04 bits per heavy atom. The molecule has 0 radical (unpaired) electrons. The summed E-state index contributed by atoms with van der Waals surface area (Å²) in [6.07, 6.45) is 1.54. The second kappa shape index (κ2) is 6.44. The van der Waals surface area contributed by atoms with Crippen molar-refractivity contribution in [1.82, 2.24) is 9.97 Å². The first-order valence-electron chi connectivity index (χ1n) is 7.28.